The molecule has 0 unspecified atom stereocenters. The largest absolute Gasteiger partial charge is 0.497 e. The Morgan fingerprint density at radius 3 is 2.27 bits per heavy atom. The van der Waals surface area contributed by atoms with E-state index in [2.05, 4.69) is 15.4 Å². The Kier molecular flexibility index (Phi) is 5.86. The second-order valence-electron chi connectivity index (χ2n) is 6.63. The first-order valence-corrected chi connectivity index (χ1v) is 8.86. The molecule has 1 aliphatic rings. The number of hydrogen-bond donors (Lipinski definition) is 2. The fourth-order valence-corrected chi connectivity index (χ4v) is 3.02. The minimum atomic E-state index is -2.97. The van der Waals surface area contributed by atoms with Crippen molar-refractivity contribution in [3.63, 3.8) is 0 Å². The Morgan fingerprint density at radius 1 is 1.10 bits per heavy atom. The van der Waals surface area contributed by atoms with Crippen molar-refractivity contribution in [1.29, 1.82) is 0 Å². The maximum absolute atomic E-state index is 12.9. The summed E-state index contributed by atoms with van der Waals surface area (Å²) < 4.78 is 33.9. The lowest BCUT2D eigenvalue weighted by molar-refractivity contribution is -0.133. The Morgan fingerprint density at radius 2 is 1.70 bits per heavy atom. The fraction of sp³-hybridized carbons (Fsp3) is 0.250. The van der Waals surface area contributed by atoms with Crippen LogP contribution in [-0.4, -0.2) is 43.0 Å². The Labute approximate surface area is 170 Å². The van der Waals surface area contributed by atoms with Gasteiger partial charge in [-0.1, -0.05) is 12.1 Å². The number of methoxy groups -OCH3 is 1. The van der Waals surface area contributed by atoms with Crippen LogP contribution < -0.4 is 20.1 Å². The van der Waals surface area contributed by atoms with Gasteiger partial charge in [-0.2, -0.15) is 8.78 Å². The number of hydrogen-bond acceptors (Lipinski definition) is 5. The van der Waals surface area contributed by atoms with Crippen LogP contribution in [0.3, 0.4) is 0 Å². The fourth-order valence-electron chi connectivity index (χ4n) is 3.02. The number of carbonyl (C=O) groups excluding carboxylic acids is 3. The van der Waals surface area contributed by atoms with Gasteiger partial charge in [0.15, 0.2) is 0 Å². The van der Waals surface area contributed by atoms with E-state index < -0.39 is 36.5 Å². The van der Waals surface area contributed by atoms with Crippen molar-refractivity contribution in [2.75, 3.05) is 19.0 Å². The first kappa shape index (κ1) is 21.0. The Bertz CT molecular complexity index is 950. The zero-order valence-corrected chi connectivity index (χ0v) is 16.1. The minimum Gasteiger partial charge on any atom is -0.497 e. The molecule has 8 nitrogen and oxygen atoms in total. The molecule has 10 heteroatoms. The van der Waals surface area contributed by atoms with Crippen LogP contribution in [0.5, 0.6) is 11.5 Å². The van der Waals surface area contributed by atoms with Gasteiger partial charge in [0.05, 0.1) is 7.11 Å². The molecule has 0 saturated carbocycles. The molecule has 158 valence electrons. The van der Waals surface area contributed by atoms with Crippen LogP contribution >= 0.6 is 0 Å². The maximum atomic E-state index is 12.9. The van der Waals surface area contributed by atoms with Crippen molar-refractivity contribution in [2.45, 2.75) is 19.1 Å². The predicted octanol–water partition coefficient (Wildman–Crippen LogP) is 2.70. The summed E-state index contributed by atoms with van der Waals surface area (Å²) in [6.07, 6.45) is 0. The van der Waals surface area contributed by atoms with Crippen LogP contribution in [0.1, 0.15) is 12.5 Å². The van der Waals surface area contributed by atoms with E-state index in [9.17, 15) is 23.2 Å². The molecule has 2 aromatic carbocycles. The standard InChI is InChI=1S/C20H19F2N3O5/c1-20(12-3-7-15(8-4-12)30-18(21)22)17(27)25(19(28)24-20)11-16(26)23-13-5-9-14(29-2)10-6-13/h3-10,18H,11H2,1-2H3,(H,23,26)(H,24,28)/t20-/m0/s1. The third kappa shape index (κ3) is 4.32. The summed E-state index contributed by atoms with van der Waals surface area (Å²) in [5.74, 6) is -0.666. The smallest absolute Gasteiger partial charge is 0.387 e. The molecule has 0 radical (unpaired) electrons. The zero-order valence-electron chi connectivity index (χ0n) is 16.1. The van der Waals surface area contributed by atoms with E-state index in [1.165, 1.54) is 38.3 Å². The number of ether oxygens (including phenoxy) is 2. The van der Waals surface area contributed by atoms with Gasteiger partial charge in [-0.25, -0.2) is 4.79 Å². The average molecular weight is 419 g/mol. The quantitative estimate of drug-likeness (QED) is 0.673. The summed E-state index contributed by atoms with van der Waals surface area (Å²) >= 11 is 0. The minimum absolute atomic E-state index is 0.0788. The molecule has 1 aliphatic heterocycles. The van der Waals surface area contributed by atoms with Crippen LogP contribution in [0.25, 0.3) is 0 Å². The number of nitrogens with zero attached hydrogens (tertiary/aromatic N) is 1. The van der Waals surface area contributed by atoms with Gasteiger partial charge in [0.25, 0.3) is 5.91 Å². The molecule has 30 heavy (non-hydrogen) atoms. The third-order valence-corrected chi connectivity index (χ3v) is 4.61. The van der Waals surface area contributed by atoms with Crippen molar-refractivity contribution < 1.29 is 32.6 Å². The maximum Gasteiger partial charge on any atom is 0.387 e. The number of imide groups is 1. The summed E-state index contributed by atoms with van der Waals surface area (Å²) in [5.41, 5.74) is -0.605. The molecule has 2 aromatic rings. The molecule has 2 N–H and O–H groups in total. The molecule has 3 rings (SSSR count). The molecule has 1 atom stereocenters. The molecular formula is C20H19F2N3O5. The van der Waals surface area contributed by atoms with E-state index in [1.54, 1.807) is 24.3 Å². The second kappa shape index (κ2) is 8.36. The normalized spacial score (nSPS) is 18.4. The Hall–Kier alpha value is -3.69. The van der Waals surface area contributed by atoms with E-state index in [1.807, 2.05) is 0 Å². The van der Waals surface area contributed by atoms with Crippen molar-refractivity contribution in [3.05, 3.63) is 54.1 Å². The summed E-state index contributed by atoms with van der Waals surface area (Å²) in [7, 11) is 1.52. The summed E-state index contributed by atoms with van der Waals surface area (Å²) in [5, 5.41) is 5.14. The van der Waals surface area contributed by atoms with Crippen molar-refractivity contribution in [3.8, 4) is 11.5 Å². The van der Waals surface area contributed by atoms with E-state index in [0.29, 0.717) is 17.0 Å². The molecule has 1 saturated heterocycles. The number of amides is 4. The number of benzene rings is 2. The van der Waals surface area contributed by atoms with Gasteiger partial charge in [0, 0.05) is 5.69 Å². The van der Waals surface area contributed by atoms with Crippen LogP contribution in [-0.2, 0) is 15.1 Å². The van der Waals surface area contributed by atoms with Gasteiger partial charge in [-0.15, -0.1) is 0 Å². The average Bonchev–Trinajstić information content (AvgIpc) is 2.92. The van der Waals surface area contributed by atoms with Crippen molar-refractivity contribution >= 4 is 23.5 Å². The highest BCUT2D eigenvalue weighted by Gasteiger charge is 2.49. The molecule has 0 aliphatic carbocycles. The highest BCUT2D eigenvalue weighted by Crippen LogP contribution is 2.30. The number of anilines is 1. The summed E-state index contributed by atoms with van der Waals surface area (Å²) in [6, 6.07) is 11.2. The molecule has 1 fully saturated rings. The van der Waals surface area contributed by atoms with Gasteiger partial charge in [0.1, 0.15) is 23.6 Å². The van der Waals surface area contributed by atoms with Gasteiger partial charge in [0.2, 0.25) is 5.91 Å². The molecular weight excluding hydrogens is 400 g/mol. The topological polar surface area (TPSA) is 97.0 Å². The highest BCUT2D eigenvalue weighted by molar-refractivity contribution is 6.10. The van der Waals surface area contributed by atoms with Gasteiger partial charge < -0.3 is 20.1 Å². The first-order valence-electron chi connectivity index (χ1n) is 8.86. The SMILES string of the molecule is COc1ccc(NC(=O)CN2C(=O)N[C@@](C)(c3ccc(OC(F)F)cc3)C2=O)cc1. The Balaban J connectivity index is 1.69. The number of rotatable bonds is 7. The third-order valence-electron chi connectivity index (χ3n) is 4.61. The van der Waals surface area contributed by atoms with Crippen molar-refractivity contribution in [1.82, 2.24) is 10.2 Å². The lowest BCUT2D eigenvalue weighted by atomic mass is 9.92. The monoisotopic (exact) mass is 419 g/mol. The van der Waals surface area contributed by atoms with E-state index in [0.717, 1.165) is 4.90 Å². The molecule has 4 amide bonds. The molecule has 0 aromatic heterocycles. The van der Waals surface area contributed by atoms with E-state index in [4.69, 9.17) is 4.74 Å². The number of halogens is 2. The molecule has 0 spiro atoms. The second-order valence-corrected chi connectivity index (χ2v) is 6.63. The molecule has 0 bridgehead atoms. The van der Waals surface area contributed by atoms with Crippen LogP contribution in [0.2, 0.25) is 0 Å². The molecule has 1 heterocycles. The number of urea groups is 1. The van der Waals surface area contributed by atoms with Crippen LogP contribution in [0, 0.1) is 0 Å². The summed E-state index contributed by atoms with van der Waals surface area (Å²) in [4.78, 5) is 38.3. The van der Waals surface area contributed by atoms with Crippen LogP contribution in [0.4, 0.5) is 19.3 Å². The first-order chi connectivity index (χ1) is 14.2. The van der Waals surface area contributed by atoms with Crippen LogP contribution in [0.15, 0.2) is 48.5 Å². The van der Waals surface area contributed by atoms with Gasteiger partial charge in [-0.3, -0.25) is 14.5 Å². The number of carbonyl (C=O) groups is 3. The lowest BCUT2D eigenvalue weighted by Crippen LogP contribution is -2.42. The van der Waals surface area contributed by atoms with Gasteiger partial charge >= 0.3 is 12.6 Å². The van der Waals surface area contributed by atoms with Gasteiger partial charge in [-0.05, 0) is 48.9 Å². The number of nitrogens with one attached hydrogen (secondary N) is 2. The van der Waals surface area contributed by atoms with E-state index in [-0.39, 0.29) is 5.75 Å². The van der Waals surface area contributed by atoms with Crippen molar-refractivity contribution in [2.24, 2.45) is 0 Å². The predicted molar refractivity (Wildman–Crippen MR) is 102 cm³/mol. The lowest BCUT2D eigenvalue weighted by Gasteiger charge is -2.22. The zero-order chi connectivity index (χ0) is 21.9. The number of alkyl halides is 2. The van der Waals surface area contributed by atoms with E-state index >= 15 is 0 Å². The highest BCUT2D eigenvalue weighted by atomic mass is 19.3. The summed E-state index contributed by atoms with van der Waals surface area (Å²) in [6.45, 7) is -1.99.